The van der Waals surface area contributed by atoms with Crippen LogP contribution in [0.5, 0.6) is 0 Å². The predicted octanol–water partition coefficient (Wildman–Crippen LogP) is 0.780. The summed E-state index contributed by atoms with van der Waals surface area (Å²) in [4.78, 5) is 14.6. The summed E-state index contributed by atoms with van der Waals surface area (Å²) in [6.45, 7) is 14.1. The van der Waals surface area contributed by atoms with E-state index in [1.54, 1.807) is 6.92 Å². The van der Waals surface area contributed by atoms with E-state index in [4.69, 9.17) is 28.4 Å². The lowest BCUT2D eigenvalue weighted by Gasteiger charge is -2.71. The van der Waals surface area contributed by atoms with E-state index in [2.05, 4.69) is 40.7 Å². The van der Waals surface area contributed by atoms with Gasteiger partial charge in [0.15, 0.2) is 12.6 Å². The molecule has 0 aromatic rings. The van der Waals surface area contributed by atoms with E-state index in [9.17, 15) is 55.9 Å². The smallest absolute Gasteiger partial charge is 0.315 e. The highest BCUT2D eigenvalue weighted by Gasteiger charge is 2.70. The van der Waals surface area contributed by atoms with Crippen LogP contribution in [0.15, 0.2) is 11.6 Å². The molecule has 0 amide bonds. The number of aliphatic hydroxyl groups is 10. The van der Waals surface area contributed by atoms with Crippen LogP contribution < -0.4 is 0 Å². The van der Waals surface area contributed by atoms with Gasteiger partial charge in [-0.1, -0.05) is 53.2 Å². The van der Waals surface area contributed by atoms with E-state index in [0.29, 0.717) is 19.3 Å². The minimum Gasteiger partial charge on any atom is -0.432 e. The van der Waals surface area contributed by atoms with Gasteiger partial charge in [-0.05, 0) is 111 Å². The molecule has 3 saturated heterocycles. The minimum absolute atomic E-state index is 0.00748. The van der Waals surface area contributed by atoms with Crippen molar-refractivity contribution in [2.75, 3.05) is 19.8 Å². The maximum Gasteiger partial charge on any atom is 0.315 e. The van der Waals surface area contributed by atoms with Gasteiger partial charge in [-0.15, -0.1) is 0 Å². The summed E-state index contributed by atoms with van der Waals surface area (Å²) in [6, 6.07) is 0. The number of carbonyl (C=O) groups excluding carboxylic acids is 1. The molecule has 23 atom stereocenters. The van der Waals surface area contributed by atoms with Gasteiger partial charge in [-0.2, -0.15) is 0 Å². The van der Waals surface area contributed by atoms with Crippen LogP contribution in [0, 0.1) is 50.2 Å². The van der Waals surface area contributed by atoms with Crippen molar-refractivity contribution in [3.63, 3.8) is 0 Å². The molecule has 366 valence electrons. The second kappa shape index (κ2) is 17.2. The van der Waals surface area contributed by atoms with Crippen LogP contribution in [-0.2, 0) is 33.2 Å². The number of rotatable bonds is 8. The molecule has 10 N–H and O–H groups in total. The van der Waals surface area contributed by atoms with Crippen LogP contribution in [-0.4, -0.2) is 169 Å². The molecule has 17 heteroatoms. The summed E-state index contributed by atoms with van der Waals surface area (Å²) in [5.41, 5.74) is -1.08. The Balaban J connectivity index is 1.02. The molecule has 64 heavy (non-hydrogen) atoms. The fourth-order valence-electron chi connectivity index (χ4n) is 14.7. The first-order valence-electron chi connectivity index (χ1n) is 23.7. The van der Waals surface area contributed by atoms with Gasteiger partial charge in [0, 0.05) is 5.41 Å². The summed E-state index contributed by atoms with van der Waals surface area (Å²) >= 11 is 0. The van der Waals surface area contributed by atoms with Crippen molar-refractivity contribution in [3.05, 3.63) is 11.6 Å². The average Bonchev–Trinajstić information content (AvgIpc) is 3.25. The van der Waals surface area contributed by atoms with Crippen molar-refractivity contribution in [2.24, 2.45) is 50.2 Å². The Hall–Kier alpha value is -1.39. The zero-order valence-corrected chi connectivity index (χ0v) is 38.5. The minimum atomic E-state index is -1.67. The maximum absolute atomic E-state index is 14.6. The Labute approximate surface area is 376 Å². The first kappa shape index (κ1) is 49.0. The van der Waals surface area contributed by atoms with Gasteiger partial charge >= 0.3 is 5.97 Å². The topological polar surface area (TPSA) is 275 Å². The third kappa shape index (κ3) is 7.49. The van der Waals surface area contributed by atoms with Gasteiger partial charge in [-0.3, -0.25) is 4.79 Å². The molecule has 4 unspecified atom stereocenters. The fourth-order valence-corrected chi connectivity index (χ4v) is 14.7. The molecule has 3 heterocycles. The van der Waals surface area contributed by atoms with Gasteiger partial charge in [-0.25, -0.2) is 0 Å². The van der Waals surface area contributed by atoms with Crippen LogP contribution >= 0.6 is 0 Å². The number of aliphatic hydroxyl groups excluding tert-OH is 10. The summed E-state index contributed by atoms with van der Waals surface area (Å²) in [6.07, 6.45) is -11.0. The predicted molar refractivity (Wildman–Crippen MR) is 224 cm³/mol. The molecule has 0 radical (unpaired) electrons. The molecule has 17 nitrogen and oxygen atoms in total. The molecule has 0 bridgehead atoms. The first-order chi connectivity index (χ1) is 29.9. The molecule has 0 aromatic heterocycles. The molecule has 7 fully saturated rings. The van der Waals surface area contributed by atoms with Crippen LogP contribution in [0.2, 0.25) is 0 Å². The lowest BCUT2D eigenvalue weighted by molar-refractivity contribution is -0.362. The van der Waals surface area contributed by atoms with E-state index in [0.717, 1.165) is 44.9 Å². The van der Waals surface area contributed by atoms with Crippen molar-refractivity contribution in [1.82, 2.24) is 0 Å². The van der Waals surface area contributed by atoms with Gasteiger partial charge < -0.3 is 79.5 Å². The Kier molecular flexibility index (Phi) is 13.2. The van der Waals surface area contributed by atoms with E-state index in [1.165, 1.54) is 5.57 Å². The van der Waals surface area contributed by atoms with Crippen LogP contribution in [0.3, 0.4) is 0 Å². The van der Waals surface area contributed by atoms with Gasteiger partial charge in [0.25, 0.3) is 0 Å². The molecule has 8 aliphatic rings. The second-order valence-electron chi connectivity index (χ2n) is 22.8. The molecule has 8 rings (SSSR count). The molecular formula is C47H76O17. The number of fused-ring (bicyclic) bond motifs is 7. The highest BCUT2D eigenvalue weighted by molar-refractivity contribution is 5.79. The third-order valence-electron chi connectivity index (χ3n) is 19.0. The van der Waals surface area contributed by atoms with Gasteiger partial charge in [0.05, 0.1) is 37.4 Å². The van der Waals surface area contributed by atoms with Gasteiger partial charge in [0.1, 0.15) is 61.0 Å². The Bertz CT molecular complexity index is 1750. The largest absolute Gasteiger partial charge is 0.432 e. The van der Waals surface area contributed by atoms with Crippen molar-refractivity contribution in [2.45, 2.75) is 205 Å². The van der Waals surface area contributed by atoms with Crippen molar-refractivity contribution in [1.29, 1.82) is 0 Å². The third-order valence-corrected chi connectivity index (χ3v) is 19.0. The van der Waals surface area contributed by atoms with Crippen molar-refractivity contribution < 1.29 is 84.3 Å². The van der Waals surface area contributed by atoms with Crippen molar-refractivity contribution in [3.8, 4) is 0 Å². The standard InChI is InChI=1S/C47H76O17/c1-22-30(51)32(53)35(56)39(60-22)64-41(58)47-16-14-42(2,3)18-24(47)23-8-9-28-43(4)12-11-29(44(5,21-49)27(43)10-13-46(28,7)45(23,6)15-17-47)62-40-36(57)33(54)37(26(19-48)61-40)63-38-34(55)31(52)25(50)20-59-38/h8,22,24-40,48-57H,9-21H2,1-7H3/t22-,24?,25-,26-,27?,28?,29+,30+,31?,32-,33-,34+,35-,36-,37-,38+,39+,40+,43+,44+,45-,46-,47+/m1/s1. The second-order valence-corrected chi connectivity index (χ2v) is 22.8. The SMILES string of the molecule is C[C@H]1O[C@@H](OC(=O)[C@]23CCC(C)(C)CC2C2=CCC4[C@@]5(C)CC[C@H](O[C@@H]6O[C@H](CO)[C@@H](O[C@@H]7OC[C@@H](O)C(O)[C@@H]7O)[C@H](O)[C@H]6O)[C@@](C)(CO)C5CC[C@@]4(C)[C@]2(C)CC3)[C@H](O)[C@H](O)[C@H]1O. The zero-order chi connectivity index (χ0) is 46.7. The lowest BCUT2D eigenvalue weighted by atomic mass is 9.33. The van der Waals surface area contributed by atoms with Crippen LogP contribution in [0.25, 0.3) is 0 Å². The molecule has 0 spiro atoms. The van der Waals surface area contributed by atoms with E-state index >= 15 is 0 Å². The van der Waals surface area contributed by atoms with Crippen molar-refractivity contribution >= 4 is 5.97 Å². The van der Waals surface area contributed by atoms with Gasteiger partial charge in [0.2, 0.25) is 6.29 Å². The van der Waals surface area contributed by atoms with E-state index in [1.807, 2.05) is 6.92 Å². The zero-order valence-electron chi connectivity index (χ0n) is 38.5. The number of hydrogen-bond donors (Lipinski definition) is 10. The monoisotopic (exact) mass is 913 g/mol. The maximum atomic E-state index is 14.6. The Morgan fingerprint density at radius 2 is 1.39 bits per heavy atom. The summed E-state index contributed by atoms with van der Waals surface area (Å²) < 4.78 is 35.5. The summed E-state index contributed by atoms with van der Waals surface area (Å²) in [5, 5.41) is 107. The molecule has 3 aliphatic heterocycles. The Morgan fingerprint density at radius 3 is 2.08 bits per heavy atom. The summed E-state index contributed by atoms with van der Waals surface area (Å²) in [7, 11) is 0. The highest BCUT2D eigenvalue weighted by atomic mass is 16.7. The number of carbonyl (C=O) groups is 1. The first-order valence-corrected chi connectivity index (χ1v) is 23.7. The number of allylic oxidation sites excluding steroid dienone is 2. The molecular weight excluding hydrogens is 836 g/mol. The average molecular weight is 913 g/mol. The number of ether oxygens (including phenoxy) is 6. The number of hydrogen-bond acceptors (Lipinski definition) is 17. The summed E-state index contributed by atoms with van der Waals surface area (Å²) in [5.74, 6) is -0.341. The van der Waals surface area contributed by atoms with Crippen LogP contribution in [0.1, 0.15) is 113 Å². The quantitative estimate of drug-likeness (QED) is 0.0916. The molecule has 5 aliphatic carbocycles. The van der Waals surface area contributed by atoms with E-state index in [-0.39, 0.29) is 52.6 Å². The fraction of sp³-hybridized carbons (Fsp3) is 0.936. The normalized spacial score (nSPS) is 54.9. The Morgan fingerprint density at radius 1 is 0.719 bits per heavy atom. The highest BCUT2D eigenvalue weighted by Crippen LogP contribution is 2.76. The van der Waals surface area contributed by atoms with Crippen LogP contribution in [0.4, 0.5) is 0 Å². The lowest BCUT2D eigenvalue weighted by Crippen LogP contribution is -2.67. The molecule has 4 saturated carbocycles. The van der Waals surface area contributed by atoms with E-state index < -0.39 is 116 Å². The molecule has 0 aromatic carbocycles. The number of esters is 1.